The van der Waals surface area contributed by atoms with Crippen molar-refractivity contribution in [2.75, 3.05) is 6.61 Å². The highest BCUT2D eigenvalue weighted by Gasteiger charge is 2.28. The second-order valence-corrected chi connectivity index (χ2v) is 5.45. The summed E-state index contributed by atoms with van der Waals surface area (Å²) in [5, 5.41) is 0. The Hall–Kier alpha value is -0.530. The van der Waals surface area contributed by atoms with Gasteiger partial charge in [0.15, 0.2) is 0 Å². The molecule has 2 heteroatoms. The summed E-state index contributed by atoms with van der Waals surface area (Å²) in [7, 11) is 0. The van der Waals surface area contributed by atoms with Crippen molar-refractivity contribution in [3.05, 3.63) is 0 Å². The summed E-state index contributed by atoms with van der Waals surface area (Å²) in [6.07, 6.45) is 10.8. The van der Waals surface area contributed by atoms with Gasteiger partial charge in [-0.2, -0.15) is 0 Å². The summed E-state index contributed by atoms with van der Waals surface area (Å²) in [6, 6.07) is 0. The molecule has 0 amide bonds. The van der Waals surface area contributed by atoms with Gasteiger partial charge in [0.1, 0.15) is 0 Å². The van der Waals surface area contributed by atoms with E-state index in [2.05, 4.69) is 13.8 Å². The third-order valence-corrected chi connectivity index (χ3v) is 3.91. The lowest BCUT2D eigenvalue weighted by Crippen LogP contribution is -2.27. The van der Waals surface area contributed by atoms with E-state index < -0.39 is 0 Å². The van der Waals surface area contributed by atoms with Crippen LogP contribution in [0, 0.1) is 11.8 Å². The number of ether oxygens (including phenoxy) is 1. The molecule has 2 atom stereocenters. The first-order valence-electron chi connectivity index (χ1n) is 7.42. The van der Waals surface area contributed by atoms with E-state index in [1.165, 1.54) is 44.9 Å². The lowest BCUT2D eigenvalue weighted by molar-refractivity contribution is -0.151. The Bertz CT molecular complexity index is 213. The van der Waals surface area contributed by atoms with Crippen LogP contribution in [0.4, 0.5) is 0 Å². The van der Waals surface area contributed by atoms with Crippen molar-refractivity contribution >= 4 is 5.97 Å². The number of hydrogen-bond acceptors (Lipinski definition) is 2. The van der Waals surface area contributed by atoms with E-state index in [9.17, 15) is 4.79 Å². The molecule has 0 bridgehead atoms. The van der Waals surface area contributed by atoms with Crippen LogP contribution >= 0.6 is 0 Å². The van der Waals surface area contributed by atoms with E-state index >= 15 is 0 Å². The van der Waals surface area contributed by atoms with Gasteiger partial charge in [-0.25, -0.2) is 0 Å². The van der Waals surface area contributed by atoms with E-state index in [0.717, 1.165) is 12.8 Å². The average molecular weight is 240 g/mol. The first-order chi connectivity index (χ1) is 8.25. The predicted molar refractivity (Wildman–Crippen MR) is 70.8 cm³/mol. The molecule has 2 unspecified atom stereocenters. The third-order valence-electron chi connectivity index (χ3n) is 3.91. The summed E-state index contributed by atoms with van der Waals surface area (Å²) >= 11 is 0. The van der Waals surface area contributed by atoms with Crippen molar-refractivity contribution in [1.29, 1.82) is 0 Å². The summed E-state index contributed by atoms with van der Waals surface area (Å²) in [5.74, 6) is 0.767. The van der Waals surface area contributed by atoms with Crippen LogP contribution in [-0.4, -0.2) is 12.6 Å². The SMILES string of the molecule is CCCCCCCOC(=O)C1CCCCC1C. The van der Waals surface area contributed by atoms with Gasteiger partial charge in [-0.3, -0.25) is 4.79 Å². The Morgan fingerprint density at radius 1 is 1.12 bits per heavy atom. The second kappa shape index (κ2) is 8.54. The number of unbranched alkanes of at least 4 members (excludes halogenated alkanes) is 4. The maximum absolute atomic E-state index is 11.9. The van der Waals surface area contributed by atoms with Crippen molar-refractivity contribution in [3.63, 3.8) is 0 Å². The topological polar surface area (TPSA) is 26.3 Å². The van der Waals surface area contributed by atoms with E-state index in [0.29, 0.717) is 12.5 Å². The molecule has 1 aliphatic rings. The molecule has 0 spiro atoms. The third kappa shape index (κ3) is 5.56. The van der Waals surface area contributed by atoms with Crippen LogP contribution in [0.15, 0.2) is 0 Å². The zero-order valence-electron chi connectivity index (χ0n) is 11.5. The number of esters is 1. The lowest BCUT2D eigenvalue weighted by atomic mass is 9.80. The molecule has 0 saturated heterocycles. The number of carbonyl (C=O) groups is 1. The molecule has 1 saturated carbocycles. The number of hydrogen-bond donors (Lipinski definition) is 0. The minimum Gasteiger partial charge on any atom is -0.465 e. The molecule has 0 aromatic carbocycles. The van der Waals surface area contributed by atoms with Gasteiger partial charge in [-0.1, -0.05) is 52.4 Å². The van der Waals surface area contributed by atoms with Gasteiger partial charge in [-0.05, 0) is 25.2 Å². The fraction of sp³-hybridized carbons (Fsp3) is 0.933. The Balaban J connectivity index is 2.07. The summed E-state index contributed by atoms with van der Waals surface area (Å²) < 4.78 is 5.39. The summed E-state index contributed by atoms with van der Waals surface area (Å²) in [5.41, 5.74) is 0. The van der Waals surface area contributed by atoms with Gasteiger partial charge >= 0.3 is 5.97 Å². The summed E-state index contributed by atoms with van der Waals surface area (Å²) in [4.78, 5) is 11.9. The van der Waals surface area contributed by atoms with Crippen LogP contribution in [0.3, 0.4) is 0 Å². The second-order valence-electron chi connectivity index (χ2n) is 5.45. The van der Waals surface area contributed by atoms with Crippen molar-refractivity contribution in [1.82, 2.24) is 0 Å². The fourth-order valence-corrected chi connectivity index (χ4v) is 2.65. The first kappa shape index (κ1) is 14.5. The van der Waals surface area contributed by atoms with Crippen LogP contribution in [0.2, 0.25) is 0 Å². The highest BCUT2D eigenvalue weighted by Crippen LogP contribution is 2.30. The molecule has 0 heterocycles. The zero-order valence-corrected chi connectivity index (χ0v) is 11.5. The van der Waals surface area contributed by atoms with E-state index in [-0.39, 0.29) is 11.9 Å². The highest BCUT2D eigenvalue weighted by molar-refractivity contribution is 5.72. The van der Waals surface area contributed by atoms with Gasteiger partial charge in [0.2, 0.25) is 0 Å². The molecule has 0 aromatic heterocycles. The molecule has 1 aliphatic carbocycles. The maximum Gasteiger partial charge on any atom is 0.309 e. The number of rotatable bonds is 7. The molecule has 0 aromatic rings. The predicted octanol–water partition coefficient (Wildman–Crippen LogP) is 4.33. The zero-order chi connectivity index (χ0) is 12.5. The van der Waals surface area contributed by atoms with E-state index in [4.69, 9.17) is 4.74 Å². The Morgan fingerprint density at radius 2 is 1.82 bits per heavy atom. The van der Waals surface area contributed by atoms with Crippen molar-refractivity contribution in [3.8, 4) is 0 Å². The van der Waals surface area contributed by atoms with E-state index in [1.54, 1.807) is 0 Å². The molecular weight excluding hydrogens is 212 g/mol. The van der Waals surface area contributed by atoms with E-state index in [1.807, 2.05) is 0 Å². The number of carbonyl (C=O) groups excluding carboxylic acids is 1. The molecule has 17 heavy (non-hydrogen) atoms. The maximum atomic E-state index is 11.9. The molecule has 100 valence electrons. The molecule has 0 radical (unpaired) electrons. The van der Waals surface area contributed by atoms with Crippen LogP contribution in [0.25, 0.3) is 0 Å². The van der Waals surface area contributed by atoms with Crippen LogP contribution in [-0.2, 0) is 9.53 Å². The normalized spacial score (nSPS) is 24.6. The minimum absolute atomic E-state index is 0.0627. The smallest absolute Gasteiger partial charge is 0.309 e. The molecular formula is C15H28O2. The van der Waals surface area contributed by atoms with Gasteiger partial charge in [0.25, 0.3) is 0 Å². The molecule has 1 rings (SSSR count). The molecule has 0 N–H and O–H groups in total. The minimum atomic E-state index is 0.0627. The Kier molecular flexibility index (Phi) is 7.30. The largest absolute Gasteiger partial charge is 0.465 e. The molecule has 2 nitrogen and oxygen atoms in total. The summed E-state index contributed by atoms with van der Waals surface area (Å²) in [6.45, 7) is 5.03. The van der Waals surface area contributed by atoms with Crippen molar-refractivity contribution < 1.29 is 9.53 Å². The average Bonchev–Trinajstić information content (AvgIpc) is 2.34. The van der Waals surface area contributed by atoms with Gasteiger partial charge in [0.05, 0.1) is 12.5 Å². The monoisotopic (exact) mass is 240 g/mol. The van der Waals surface area contributed by atoms with Gasteiger partial charge in [-0.15, -0.1) is 0 Å². The Morgan fingerprint density at radius 3 is 2.53 bits per heavy atom. The van der Waals surface area contributed by atoms with Crippen LogP contribution < -0.4 is 0 Å². The molecule has 1 fully saturated rings. The highest BCUT2D eigenvalue weighted by atomic mass is 16.5. The van der Waals surface area contributed by atoms with Crippen LogP contribution in [0.1, 0.15) is 71.6 Å². The lowest BCUT2D eigenvalue weighted by Gasteiger charge is -2.26. The van der Waals surface area contributed by atoms with Crippen molar-refractivity contribution in [2.24, 2.45) is 11.8 Å². The van der Waals surface area contributed by atoms with Gasteiger partial charge < -0.3 is 4.74 Å². The Labute approximate surface area is 106 Å². The van der Waals surface area contributed by atoms with Crippen molar-refractivity contribution in [2.45, 2.75) is 71.6 Å². The fourth-order valence-electron chi connectivity index (χ4n) is 2.65. The quantitative estimate of drug-likeness (QED) is 0.489. The molecule has 0 aliphatic heterocycles. The standard InChI is InChI=1S/C15H28O2/c1-3-4-5-6-9-12-17-15(16)14-11-8-7-10-13(14)2/h13-14H,3-12H2,1-2H3. The van der Waals surface area contributed by atoms with Gasteiger partial charge in [0, 0.05) is 0 Å². The van der Waals surface area contributed by atoms with Crippen LogP contribution in [0.5, 0.6) is 0 Å². The first-order valence-corrected chi connectivity index (χ1v) is 7.42.